The van der Waals surface area contributed by atoms with Gasteiger partial charge in [-0.15, -0.1) is 0 Å². The summed E-state index contributed by atoms with van der Waals surface area (Å²) in [4.78, 5) is 12.8. The molecule has 1 aliphatic rings. The highest BCUT2D eigenvalue weighted by Crippen LogP contribution is 2.27. The Hall–Kier alpha value is -1.40. The lowest BCUT2D eigenvalue weighted by Gasteiger charge is -2.33. The van der Waals surface area contributed by atoms with Crippen LogP contribution in [0.25, 0.3) is 0 Å². The fraction of sp³-hybridized carbons (Fsp3) is 0.650. The number of amides is 1. The Labute approximate surface area is 158 Å². The van der Waals surface area contributed by atoms with Crippen LogP contribution in [-0.4, -0.2) is 37.3 Å². The van der Waals surface area contributed by atoms with Crippen LogP contribution in [0.2, 0.25) is 0 Å². The van der Waals surface area contributed by atoms with Crippen molar-refractivity contribution >= 4 is 15.9 Å². The topological polar surface area (TPSA) is 66.5 Å². The predicted octanol–water partition coefficient (Wildman–Crippen LogP) is 3.62. The summed E-state index contributed by atoms with van der Waals surface area (Å²) < 4.78 is 27.9. The van der Waals surface area contributed by atoms with E-state index in [4.69, 9.17) is 0 Å². The van der Waals surface area contributed by atoms with Gasteiger partial charge >= 0.3 is 0 Å². The molecule has 1 amide bonds. The van der Waals surface area contributed by atoms with E-state index >= 15 is 0 Å². The minimum Gasteiger partial charge on any atom is -0.353 e. The van der Waals surface area contributed by atoms with Crippen molar-refractivity contribution in [1.82, 2.24) is 9.62 Å². The summed E-state index contributed by atoms with van der Waals surface area (Å²) in [6.45, 7) is 5.85. The third kappa shape index (κ3) is 5.55. The first-order chi connectivity index (χ1) is 12.3. The Kier molecular flexibility index (Phi) is 7.65. The van der Waals surface area contributed by atoms with Gasteiger partial charge < -0.3 is 5.32 Å². The summed E-state index contributed by atoms with van der Waals surface area (Å²) in [7, 11) is -3.69. The first-order valence-corrected chi connectivity index (χ1v) is 11.2. The Morgan fingerprint density at radius 3 is 2.38 bits per heavy atom. The van der Waals surface area contributed by atoms with Crippen LogP contribution in [0.1, 0.15) is 64.4 Å². The molecule has 0 bridgehead atoms. The highest BCUT2D eigenvalue weighted by molar-refractivity contribution is 7.89. The van der Waals surface area contributed by atoms with Crippen molar-refractivity contribution in [2.45, 2.75) is 82.7 Å². The van der Waals surface area contributed by atoms with Gasteiger partial charge in [-0.3, -0.25) is 4.79 Å². The molecule has 26 heavy (non-hydrogen) atoms. The Balaban J connectivity index is 2.22. The van der Waals surface area contributed by atoms with Gasteiger partial charge in [0.15, 0.2) is 0 Å². The van der Waals surface area contributed by atoms with Crippen LogP contribution >= 0.6 is 0 Å². The molecular weight excluding hydrogens is 348 g/mol. The second-order valence-electron chi connectivity index (χ2n) is 7.41. The van der Waals surface area contributed by atoms with Crippen molar-refractivity contribution in [3.8, 4) is 0 Å². The van der Waals surface area contributed by atoms with Gasteiger partial charge in [-0.05, 0) is 45.2 Å². The minimum absolute atomic E-state index is 0.0581. The van der Waals surface area contributed by atoms with E-state index in [1.165, 1.54) is 4.31 Å². The molecule has 0 aromatic heterocycles. The van der Waals surface area contributed by atoms with Crippen molar-refractivity contribution in [3.63, 3.8) is 0 Å². The molecule has 146 valence electrons. The van der Waals surface area contributed by atoms with Crippen molar-refractivity contribution in [3.05, 3.63) is 29.8 Å². The highest BCUT2D eigenvalue weighted by atomic mass is 32.2. The average Bonchev–Trinajstić information content (AvgIpc) is 2.61. The van der Waals surface area contributed by atoms with E-state index in [2.05, 4.69) is 12.2 Å². The molecule has 1 aliphatic carbocycles. The quantitative estimate of drug-likeness (QED) is 0.749. The van der Waals surface area contributed by atoms with E-state index < -0.39 is 10.0 Å². The number of rotatable bonds is 8. The van der Waals surface area contributed by atoms with Gasteiger partial charge in [0.1, 0.15) is 0 Å². The predicted molar refractivity (Wildman–Crippen MR) is 104 cm³/mol. The molecule has 1 atom stereocenters. The van der Waals surface area contributed by atoms with E-state index in [1.54, 1.807) is 24.3 Å². The molecule has 5 nitrogen and oxygen atoms in total. The molecule has 1 aromatic rings. The molecule has 0 unspecified atom stereocenters. The maximum Gasteiger partial charge on any atom is 0.243 e. The Bertz CT molecular complexity index is 680. The molecule has 0 saturated heterocycles. The normalized spacial score (nSPS) is 17.2. The van der Waals surface area contributed by atoms with E-state index in [1.807, 2.05) is 13.8 Å². The second-order valence-corrected chi connectivity index (χ2v) is 9.30. The number of carbonyl (C=O) groups is 1. The SMILES string of the molecule is CCC[C@@H](C)NC(=O)CN(C1CCCCC1)S(=O)(=O)c1ccc(C)cc1. The number of nitrogens with zero attached hydrogens (tertiary/aromatic N) is 1. The number of sulfonamides is 1. The van der Waals surface area contributed by atoms with Crippen LogP contribution in [0, 0.1) is 6.92 Å². The van der Waals surface area contributed by atoms with Crippen LogP contribution < -0.4 is 5.32 Å². The van der Waals surface area contributed by atoms with Gasteiger partial charge in [0.05, 0.1) is 11.4 Å². The van der Waals surface area contributed by atoms with E-state index in [0.29, 0.717) is 0 Å². The van der Waals surface area contributed by atoms with Crippen LogP contribution in [0.5, 0.6) is 0 Å². The fourth-order valence-corrected chi connectivity index (χ4v) is 5.23. The molecule has 0 radical (unpaired) electrons. The highest BCUT2D eigenvalue weighted by Gasteiger charge is 2.34. The summed E-state index contributed by atoms with van der Waals surface area (Å²) in [5.41, 5.74) is 1.01. The maximum atomic E-state index is 13.2. The third-order valence-corrected chi connectivity index (χ3v) is 6.95. The van der Waals surface area contributed by atoms with Crippen molar-refractivity contribution < 1.29 is 13.2 Å². The fourth-order valence-electron chi connectivity index (χ4n) is 3.59. The van der Waals surface area contributed by atoms with Crippen LogP contribution in [0.3, 0.4) is 0 Å². The molecule has 0 aliphatic heterocycles. The van der Waals surface area contributed by atoms with Gasteiger partial charge in [0.2, 0.25) is 15.9 Å². The zero-order valence-electron chi connectivity index (χ0n) is 16.2. The third-order valence-electron chi connectivity index (χ3n) is 5.04. The molecule has 0 spiro atoms. The van der Waals surface area contributed by atoms with E-state index in [9.17, 15) is 13.2 Å². The summed E-state index contributed by atoms with van der Waals surface area (Å²) in [5.74, 6) is -0.216. The maximum absolute atomic E-state index is 13.2. The molecule has 1 N–H and O–H groups in total. The summed E-state index contributed by atoms with van der Waals surface area (Å²) in [6.07, 6.45) is 6.67. The number of carbonyl (C=O) groups excluding carboxylic acids is 1. The number of hydrogen-bond donors (Lipinski definition) is 1. The van der Waals surface area contributed by atoms with E-state index in [0.717, 1.165) is 50.5 Å². The van der Waals surface area contributed by atoms with Crippen LogP contribution in [0.4, 0.5) is 0 Å². The zero-order chi connectivity index (χ0) is 19.2. The summed E-state index contributed by atoms with van der Waals surface area (Å²) >= 11 is 0. The first-order valence-electron chi connectivity index (χ1n) is 9.72. The summed E-state index contributed by atoms with van der Waals surface area (Å²) in [5, 5.41) is 2.94. The lowest BCUT2D eigenvalue weighted by Crippen LogP contribution is -2.48. The van der Waals surface area contributed by atoms with Crippen LogP contribution in [-0.2, 0) is 14.8 Å². The van der Waals surface area contributed by atoms with Gasteiger partial charge in [0, 0.05) is 12.1 Å². The number of nitrogens with one attached hydrogen (secondary N) is 1. The molecule has 0 heterocycles. The second kappa shape index (κ2) is 9.51. The largest absolute Gasteiger partial charge is 0.353 e. The lowest BCUT2D eigenvalue weighted by atomic mass is 9.95. The summed E-state index contributed by atoms with van der Waals surface area (Å²) in [6, 6.07) is 6.84. The van der Waals surface area contributed by atoms with Crippen molar-refractivity contribution in [2.24, 2.45) is 0 Å². The van der Waals surface area contributed by atoms with Crippen molar-refractivity contribution in [1.29, 1.82) is 0 Å². The van der Waals surface area contributed by atoms with Crippen LogP contribution in [0.15, 0.2) is 29.2 Å². The van der Waals surface area contributed by atoms with Crippen molar-refractivity contribution in [2.75, 3.05) is 6.54 Å². The molecule has 1 fully saturated rings. The molecular formula is C20H32N2O3S. The molecule has 6 heteroatoms. The monoisotopic (exact) mass is 380 g/mol. The Morgan fingerprint density at radius 1 is 1.19 bits per heavy atom. The van der Waals surface area contributed by atoms with Gasteiger partial charge in [-0.25, -0.2) is 8.42 Å². The average molecular weight is 381 g/mol. The number of aryl methyl sites for hydroxylation is 1. The molecule has 1 saturated carbocycles. The smallest absolute Gasteiger partial charge is 0.243 e. The van der Waals surface area contributed by atoms with Gasteiger partial charge in [0.25, 0.3) is 0 Å². The molecule has 1 aromatic carbocycles. The lowest BCUT2D eigenvalue weighted by molar-refractivity contribution is -0.122. The minimum atomic E-state index is -3.69. The zero-order valence-corrected chi connectivity index (χ0v) is 17.0. The number of benzene rings is 1. The van der Waals surface area contributed by atoms with Gasteiger partial charge in [-0.2, -0.15) is 4.31 Å². The Morgan fingerprint density at radius 2 is 1.81 bits per heavy atom. The molecule has 2 rings (SSSR count). The number of hydrogen-bond acceptors (Lipinski definition) is 3. The van der Waals surface area contributed by atoms with E-state index in [-0.39, 0.29) is 29.4 Å². The first kappa shape index (κ1) is 20.9. The van der Waals surface area contributed by atoms with Gasteiger partial charge in [-0.1, -0.05) is 50.3 Å². The standard InChI is InChI=1S/C20H32N2O3S/c1-4-8-17(3)21-20(23)15-22(18-9-6-5-7-10-18)26(24,25)19-13-11-16(2)12-14-19/h11-14,17-18H,4-10,15H2,1-3H3,(H,21,23)/t17-/m1/s1.